The summed E-state index contributed by atoms with van der Waals surface area (Å²) in [4.78, 5) is 27.6. The van der Waals surface area contributed by atoms with Crippen molar-refractivity contribution in [1.29, 1.82) is 0 Å². The predicted molar refractivity (Wildman–Crippen MR) is 113 cm³/mol. The van der Waals surface area contributed by atoms with E-state index >= 15 is 0 Å². The summed E-state index contributed by atoms with van der Waals surface area (Å²) in [6.07, 6.45) is 3.46. The number of carbonyl (C=O) groups is 2. The lowest BCUT2D eigenvalue weighted by Crippen LogP contribution is -2.08. The number of amides is 1. The Bertz CT molecular complexity index is 1180. The number of primary amides is 1. The van der Waals surface area contributed by atoms with E-state index < -0.39 is 5.91 Å². The minimum atomic E-state index is -0.438. The van der Waals surface area contributed by atoms with Crippen molar-refractivity contribution in [2.45, 2.75) is 6.92 Å². The molecule has 28 heavy (non-hydrogen) atoms. The highest BCUT2D eigenvalue weighted by molar-refractivity contribution is 7.20. The highest BCUT2D eigenvalue weighted by Gasteiger charge is 2.10. The van der Waals surface area contributed by atoms with Gasteiger partial charge in [0, 0.05) is 22.8 Å². The highest BCUT2D eigenvalue weighted by atomic mass is 32.1. The first-order valence-electron chi connectivity index (χ1n) is 8.67. The van der Waals surface area contributed by atoms with Crippen LogP contribution in [0.5, 0.6) is 0 Å². The van der Waals surface area contributed by atoms with Crippen molar-refractivity contribution >= 4 is 44.5 Å². The Morgan fingerprint density at radius 2 is 1.61 bits per heavy atom. The Morgan fingerprint density at radius 1 is 0.964 bits per heavy atom. The van der Waals surface area contributed by atoms with Crippen LogP contribution >= 0.6 is 11.3 Å². The number of ketones is 1. The average Bonchev–Trinajstić information content (AvgIpc) is 3.14. The van der Waals surface area contributed by atoms with E-state index in [0.29, 0.717) is 10.4 Å². The molecule has 4 aromatic rings. The maximum atomic E-state index is 11.4. The fourth-order valence-corrected chi connectivity index (χ4v) is 3.89. The normalized spacial score (nSPS) is 10.8. The minimum Gasteiger partial charge on any atom is -0.365 e. The van der Waals surface area contributed by atoms with Gasteiger partial charge in [-0.1, -0.05) is 36.4 Å². The van der Waals surface area contributed by atoms with Crippen LogP contribution in [0.2, 0.25) is 0 Å². The fourth-order valence-electron chi connectivity index (χ4n) is 2.98. The number of hydrogen-bond donors (Lipinski definition) is 2. The summed E-state index contributed by atoms with van der Waals surface area (Å²) in [7, 11) is 0. The molecule has 0 saturated heterocycles. The molecular weight excluding hydrogens is 370 g/mol. The van der Waals surface area contributed by atoms with Crippen LogP contribution in [0.3, 0.4) is 0 Å². The van der Waals surface area contributed by atoms with Crippen molar-refractivity contribution in [1.82, 2.24) is 4.98 Å². The molecule has 5 nitrogen and oxygen atoms in total. The summed E-state index contributed by atoms with van der Waals surface area (Å²) in [6, 6.07) is 17.3. The number of nitrogens with two attached hydrogens (primary N) is 1. The zero-order valence-corrected chi connectivity index (χ0v) is 15.9. The molecule has 0 radical (unpaired) electrons. The maximum absolute atomic E-state index is 11.4. The first-order chi connectivity index (χ1) is 13.5. The molecule has 2 aromatic carbocycles. The molecule has 2 aromatic heterocycles. The van der Waals surface area contributed by atoms with E-state index in [1.165, 1.54) is 11.3 Å². The van der Waals surface area contributed by atoms with Crippen molar-refractivity contribution < 1.29 is 9.59 Å². The number of nitrogens with zero attached hydrogens (tertiary/aromatic N) is 1. The monoisotopic (exact) mass is 387 g/mol. The largest absolute Gasteiger partial charge is 0.365 e. The maximum Gasteiger partial charge on any atom is 0.258 e. The molecule has 138 valence electrons. The predicted octanol–water partition coefficient (Wildman–Crippen LogP) is 5.01. The van der Waals surface area contributed by atoms with E-state index in [4.69, 9.17) is 5.73 Å². The van der Waals surface area contributed by atoms with Gasteiger partial charge in [-0.05, 0) is 36.2 Å². The molecule has 6 heteroatoms. The van der Waals surface area contributed by atoms with Gasteiger partial charge < -0.3 is 11.1 Å². The first kappa shape index (κ1) is 17.9. The van der Waals surface area contributed by atoms with Crippen LogP contribution in [0.4, 0.5) is 11.4 Å². The molecular formula is C22H17N3O2S. The molecule has 0 bridgehead atoms. The van der Waals surface area contributed by atoms with Crippen LogP contribution in [0.25, 0.3) is 21.2 Å². The number of nitrogens with one attached hydrogen (secondary N) is 1. The summed E-state index contributed by atoms with van der Waals surface area (Å²) >= 11 is 1.33. The SMILES string of the molecule is CC(=O)c1ccc(-c2ccc(Nc3cncc4sc(C(N)=O)cc34)cc2)cc1. The lowest BCUT2D eigenvalue weighted by Gasteiger charge is -2.09. The number of anilines is 2. The Morgan fingerprint density at radius 3 is 2.21 bits per heavy atom. The standard InChI is InChI=1S/C22H17N3O2S/c1-13(26)14-2-4-15(5-3-14)16-6-8-17(9-7-16)25-19-11-24-12-21-18(19)10-20(28-21)22(23)27/h2-12,25H,1H3,(H2,23,27). The molecule has 0 unspecified atom stereocenters. The third-order valence-electron chi connectivity index (χ3n) is 4.48. The van der Waals surface area contributed by atoms with E-state index in [9.17, 15) is 9.59 Å². The molecule has 0 aliphatic heterocycles. The lowest BCUT2D eigenvalue weighted by molar-refractivity contribution is 0.0999. The third-order valence-corrected chi connectivity index (χ3v) is 5.56. The summed E-state index contributed by atoms with van der Waals surface area (Å²) in [5.41, 5.74) is 9.92. The van der Waals surface area contributed by atoms with Crippen molar-refractivity contribution in [3.63, 3.8) is 0 Å². The second-order valence-electron chi connectivity index (χ2n) is 6.41. The first-order valence-corrected chi connectivity index (χ1v) is 9.49. The summed E-state index contributed by atoms with van der Waals surface area (Å²) < 4.78 is 0.904. The quantitative estimate of drug-likeness (QED) is 0.472. The molecule has 0 spiro atoms. The van der Waals surface area contributed by atoms with Gasteiger partial charge in [-0.15, -0.1) is 11.3 Å². The van der Waals surface area contributed by atoms with Gasteiger partial charge in [0.1, 0.15) is 0 Å². The van der Waals surface area contributed by atoms with Crippen molar-refractivity contribution in [3.8, 4) is 11.1 Å². The number of thiophene rings is 1. The van der Waals surface area contributed by atoms with Crippen LogP contribution in [-0.2, 0) is 0 Å². The average molecular weight is 387 g/mol. The Kier molecular flexibility index (Phi) is 4.63. The van der Waals surface area contributed by atoms with Gasteiger partial charge in [-0.2, -0.15) is 0 Å². The zero-order valence-electron chi connectivity index (χ0n) is 15.1. The van der Waals surface area contributed by atoms with Crippen molar-refractivity contribution in [2.24, 2.45) is 5.73 Å². The van der Waals surface area contributed by atoms with Crippen LogP contribution in [0.15, 0.2) is 67.0 Å². The van der Waals surface area contributed by atoms with E-state index in [0.717, 1.165) is 32.6 Å². The van der Waals surface area contributed by atoms with Crippen molar-refractivity contribution in [2.75, 3.05) is 5.32 Å². The van der Waals surface area contributed by atoms with Crippen LogP contribution in [0.1, 0.15) is 27.0 Å². The molecule has 0 atom stereocenters. The minimum absolute atomic E-state index is 0.0572. The van der Waals surface area contributed by atoms with Crippen molar-refractivity contribution in [3.05, 3.63) is 77.4 Å². The van der Waals surface area contributed by atoms with E-state index in [-0.39, 0.29) is 5.78 Å². The molecule has 4 rings (SSSR count). The molecule has 0 saturated carbocycles. The van der Waals surface area contributed by atoms with Crippen LogP contribution < -0.4 is 11.1 Å². The van der Waals surface area contributed by atoms with Gasteiger partial charge in [0.05, 0.1) is 21.5 Å². The Hall–Kier alpha value is -3.51. The van der Waals surface area contributed by atoms with Gasteiger partial charge >= 0.3 is 0 Å². The van der Waals surface area contributed by atoms with E-state index in [1.807, 2.05) is 48.5 Å². The number of Topliss-reactive ketones (excluding diaryl/α,β-unsaturated/α-hetero) is 1. The third kappa shape index (κ3) is 3.50. The smallest absolute Gasteiger partial charge is 0.258 e. The zero-order chi connectivity index (χ0) is 19.7. The highest BCUT2D eigenvalue weighted by Crippen LogP contribution is 2.32. The van der Waals surface area contributed by atoms with Gasteiger partial charge in [-0.3, -0.25) is 14.6 Å². The topological polar surface area (TPSA) is 85.1 Å². The van der Waals surface area contributed by atoms with E-state index in [2.05, 4.69) is 10.3 Å². The molecule has 1 amide bonds. The number of hydrogen-bond acceptors (Lipinski definition) is 5. The molecule has 0 fully saturated rings. The Balaban J connectivity index is 1.59. The Labute approximate surface area is 165 Å². The number of benzene rings is 2. The van der Waals surface area contributed by atoms with E-state index in [1.54, 1.807) is 25.4 Å². The number of rotatable bonds is 5. The lowest BCUT2D eigenvalue weighted by atomic mass is 10.0. The molecule has 2 heterocycles. The fraction of sp³-hybridized carbons (Fsp3) is 0.0455. The summed E-state index contributed by atoms with van der Waals surface area (Å²) in [5, 5.41) is 4.26. The number of pyridine rings is 1. The van der Waals surface area contributed by atoms with Gasteiger partial charge in [0.2, 0.25) is 0 Å². The van der Waals surface area contributed by atoms with Gasteiger partial charge in [-0.25, -0.2) is 0 Å². The van der Waals surface area contributed by atoms with Gasteiger partial charge in [0.15, 0.2) is 5.78 Å². The van der Waals surface area contributed by atoms with Crippen LogP contribution in [0, 0.1) is 0 Å². The number of fused-ring (bicyclic) bond motifs is 1. The van der Waals surface area contributed by atoms with Crippen LogP contribution in [-0.4, -0.2) is 16.7 Å². The number of carbonyl (C=O) groups excluding carboxylic acids is 2. The second-order valence-corrected chi connectivity index (χ2v) is 7.49. The molecule has 3 N–H and O–H groups in total. The number of aromatic nitrogens is 1. The molecule has 0 aliphatic carbocycles. The molecule has 0 aliphatic rings. The van der Waals surface area contributed by atoms with Gasteiger partial charge in [0.25, 0.3) is 5.91 Å². The summed E-state index contributed by atoms with van der Waals surface area (Å²) in [6.45, 7) is 1.56. The second kappa shape index (κ2) is 7.25. The summed E-state index contributed by atoms with van der Waals surface area (Å²) in [5.74, 6) is -0.380.